The van der Waals surface area contributed by atoms with Gasteiger partial charge in [-0.2, -0.15) is 0 Å². The van der Waals surface area contributed by atoms with Gasteiger partial charge in [-0.15, -0.1) is 0 Å². The van der Waals surface area contributed by atoms with Crippen molar-refractivity contribution in [2.24, 2.45) is 0 Å². The lowest BCUT2D eigenvalue weighted by Crippen LogP contribution is -2.11. The van der Waals surface area contributed by atoms with Crippen LogP contribution in [0.2, 0.25) is 5.02 Å². The first kappa shape index (κ1) is 13.9. The Bertz CT molecular complexity index is 931. The van der Waals surface area contributed by atoms with Gasteiger partial charge in [0.05, 0.1) is 21.3 Å². The summed E-state index contributed by atoms with van der Waals surface area (Å²) in [6.07, 6.45) is 0. The maximum Gasteiger partial charge on any atom is 0.273 e. The molecule has 1 aromatic heterocycles. The average Bonchev–Trinajstić information content (AvgIpc) is 2.83. The highest BCUT2D eigenvalue weighted by Gasteiger charge is 2.11. The first-order valence-corrected chi connectivity index (χ1v) is 7.36. The summed E-state index contributed by atoms with van der Waals surface area (Å²) in [5.74, 6) is 5.43. The summed E-state index contributed by atoms with van der Waals surface area (Å²) in [5.41, 5.74) is 1.21. The van der Waals surface area contributed by atoms with E-state index in [0.29, 0.717) is 21.7 Å². The molecule has 0 atom stereocenters. The third-order valence-corrected chi connectivity index (χ3v) is 4.30. The van der Waals surface area contributed by atoms with Crippen molar-refractivity contribution in [1.29, 1.82) is 0 Å². The SMILES string of the molecule is O=c1c2ccccc2sn1-c1ccc(Cl)cc1C#CCO. The van der Waals surface area contributed by atoms with Crippen molar-refractivity contribution in [3.63, 3.8) is 0 Å². The molecule has 1 heterocycles. The molecule has 21 heavy (non-hydrogen) atoms. The molecule has 0 aliphatic rings. The number of aliphatic hydroxyl groups excluding tert-OH is 1. The number of halogens is 1. The number of hydrogen-bond acceptors (Lipinski definition) is 3. The zero-order valence-corrected chi connectivity index (χ0v) is 12.4. The van der Waals surface area contributed by atoms with Crippen LogP contribution in [0.3, 0.4) is 0 Å². The molecule has 3 nitrogen and oxygen atoms in total. The quantitative estimate of drug-likeness (QED) is 0.701. The van der Waals surface area contributed by atoms with Gasteiger partial charge in [-0.1, -0.05) is 47.1 Å². The molecule has 2 aromatic carbocycles. The molecule has 0 amide bonds. The first-order valence-electron chi connectivity index (χ1n) is 6.21. The highest BCUT2D eigenvalue weighted by Crippen LogP contribution is 2.24. The van der Waals surface area contributed by atoms with Gasteiger partial charge in [0.1, 0.15) is 6.61 Å². The smallest absolute Gasteiger partial charge is 0.273 e. The van der Waals surface area contributed by atoms with E-state index in [1.807, 2.05) is 18.2 Å². The monoisotopic (exact) mass is 315 g/mol. The fraction of sp³-hybridized carbons (Fsp3) is 0.0625. The Morgan fingerprint density at radius 2 is 2.05 bits per heavy atom. The molecule has 0 fully saturated rings. The van der Waals surface area contributed by atoms with Crippen LogP contribution in [0.5, 0.6) is 0 Å². The van der Waals surface area contributed by atoms with E-state index in [9.17, 15) is 4.79 Å². The van der Waals surface area contributed by atoms with Crippen molar-refractivity contribution in [2.75, 3.05) is 6.61 Å². The van der Waals surface area contributed by atoms with Gasteiger partial charge in [-0.05, 0) is 30.3 Å². The number of fused-ring (bicyclic) bond motifs is 1. The Balaban J connectivity index is 2.28. The average molecular weight is 316 g/mol. The summed E-state index contributed by atoms with van der Waals surface area (Å²) in [6, 6.07) is 12.6. The maximum absolute atomic E-state index is 12.5. The van der Waals surface area contributed by atoms with Crippen LogP contribution in [0.25, 0.3) is 15.8 Å². The van der Waals surface area contributed by atoms with Gasteiger partial charge in [-0.3, -0.25) is 4.79 Å². The Hall–Kier alpha value is -2.06. The van der Waals surface area contributed by atoms with Gasteiger partial charge in [0.2, 0.25) is 0 Å². The molecule has 3 aromatic rings. The van der Waals surface area contributed by atoms with Crippen LogP contribution >= 0.6 is 23.1 Å². The summed E-state index contributed by atoms with van der Waals surface area (Å²) in [5, 5.41) is 10.1. The largest absolute Gasteiger partial charge is 0.384 e. The number of aliphatic hydroxyl groups is 1. The zero-order valence-electron chi connectivity index (χ0n) is 10.8. The van der Waals surface area contributed by atoms with Crippen LogP contribution in [0, 0.1) is 11.8 Å². The van der Waals surface area contributed by atoms with E-state index in [2.05, 4.69) is 11.8 Å². The van der Waals surface area contributed by atoms with Crippen LogP contribution in [-0.2, 0) is 0 Å². The molecule has 0 bridgehead atoms. The minimum atomic E-state index is -0.243. The molecule has 0 spiro atoms. The minimum Gasteiger partial charge on any atom is -0.384 e. The van der Waals surface area contributed by atoms with E-state index in [4.69, 9.17) is 16.7 Å². The molecule has 5 heteroatoms. The van der Waals surface area contributed by atoms with E-state index in [0.717, 1.165) is 4.70 Å². The second-order valence-electron chi connectivity index (χ2n) is 4.31. The molecule has 0 unspecified atom stereocenters. The molecule has 104 valence electrons. The second-order valence-corrected chi connectivity index (χ2v) is 5.73. The Labute approximate surface area is 130 Å². The van der Waals surface area contributed by atoms with Gasteiger partial charge in [0, 0.05) is 5.02 Å². The van der Waals surface area contributed by atoms with Gasteiger partial charge in [0.15, 0.2) is 0 Å². The first-order chi connectivity index (χ1) is 10.2. The Morgan fingerprint density at radius 1 is 1.24 bits per heavy atom. The molecule has 0 aliphatic carbocycles. The van der Waals surface area contributed by atoms with Crippen LogP contribution < -0.4 is 5.56 Å². The van der Waals surface area contributed by atoms with Gasteiger partial charge in [0.25, 0.3) is 5.56 Å². The predicted molar refractivity (Wildman–Crippen MR) is 86.4 cm³/mol. The number of aromatic nitrogens is 1. The Morgan fingerprint density at radius 3 is 2.81 bits per heavy atom. The van der Waals surface area contributed by atoms with Gasteiger partial charge in [-0.25, -0.2) is 3.96 Å². The van der Waals surface area contributed by atoms with Crippen molar-refractivity contribution in [3.8, 4) is 17.5 Å². The van der Waals surface area contributed by atoms with Crippen LogP contribution in [0.4, 0.5) is 0 Å². The molecule has 0 aliphatic heterocycles. The molecule has 3 rings (SSSR count). The van der Waals surface area contributed by atoms with Crippen molar-refractivity contribution in [1.82, 2.24) is 3.96 Å². The standard InChI is InChI=1S/C16H10ClNO2S/c17-12-7-8-14(11(10-12)4-3-9-19)18-16(20)13-5-1-2-6-15(13)21-18/h1-2,5-8,10,19H,9H2. The van der Waals surface area contributed by atoms with Crippen LogP contribution in [0.1, 0.15) is 5.56 Å². The number of hydrogen-bond donors (Lipinski definition) is 1. The minimum absolute atomic E-state index is 0.0787. The van der Waals surface area contributed by atoms with Crippen molar-refractivity contribution >= 4 is 33.2 Å². The molecular formula is C16H10ClNO2S. The Kier molecular flexibility index (Phi) is 3.80. The third-order valence-electron chi connectivity index (χ3n) is 2.97. The molecule has 0 radical (unpaired) electrons. The highest BCUT2D eigenvalue weighted by molar-refractivity contribution is 7.14. The van der Waals surface area contributed by atoms with E-state index in [1.165, 1.54) is 11.5 Å². The van der Waals surface area contributed by atoms with E-state index in [-0.39, 0.29) is 12.2 Å². The second kappa shape index (κ2) is 5.74. The summed E-state index contributed by atoms with van der Waals surface area (Å²) < 4.78 is 2.51. The summed E-state index contributed by atoms with van der Waals surface area (Å²) in [6.45, 7) is -0.243. The maximum atomic E-state index is 12.5. The molecule has 0 saturated heterocycles. The normalized spacial score (nSPS) is 10.4. The van der Waals surface area contributed by atoms with Gasteiger partial charge < -0.3 is 5.11 Å². The lowest BCUT2D eigenvalue weighted by molar-refractivity contribution is 0.350. The molecular weight excluding hydrogens is 306 g/mol. The van der Waals surface area contributed by atoms with Crippen LogP contribution in [0.15, 0.2) is 47.3 Å². The van der Waals surface area contributed by atoms with Crippen molar-refractivity contribution in [3.05, 3.63) is 63.4 Å². The van der Waals surface area contributed by atoms with E-state index in [1.54, 1.807) is 28.2 Å². The molecule has 1 N–H and O–H groups in total. The van der Waals surface area contributed by atoms with Crippen LogP contribution in [-0.4, -0.2) is 15.7 Å². The fourth-order valence-corrected chi connectivity index (χ4v) is 3.25. The summed E-state index contributed by atoms with van der Waals surface area (Å²) in [7, 11) is 0. The van der Waals surface area contributed by atoms with E-state index < -0.39 is 0 Å². The summed E-state index contributed by atoms with van der Waals surface area (Å²) in [4.78, 5) is 12.5. The van der Waals surface area contributed by atoms with E-state index >= 15 is 0 Å². The predicted octanol–water partition coefficient (Wildman–Crippen LogP) is 3.05. The highest BCUT2D eigenvalue weighted by atomic mass is 35.5. The van der Waals surface area contributed by atoms with Crippen molar-refractivity contribution < 1.29 is 5.11 Å². The lowest BCUT2D eigenvalue weighted by Gasteiger charge is -2.04. The fourth-order valence-electron chi connectivity index (χ4n) is 2.05. The zero-order chi connectivity index (χ0) is 14.8. The third kappa shape index (κ3) is 2.59. The number of rotatable bonds is 1. The number of nitrogens with zero attached hydrogens (tertiary/aromatic N) is 1. The summed E-state index contributed by atoms with van der Waals surface area (Å²) >= 11 is 7.35. The van der Waals surface area contributed by atoms with Crippen molar-refractivity contribution in [2.45, 2.75) is 0 Å². The topological polar surface area (TPSA) is 42.2 Å². The molecule has 0 saturated carbocycles. The van der Waals surface area contributed by atoms with Gasteiger partial charge >= 0.3 is 0 Å². The lowest BCUT2D eigenvalue weighted by atomic mass is 10.2. The number of benzene rings is 2.